The summed E-state index contributed by atoms with van der Waals surface area (Å²) >= 11 is 5.55. The summed E-state index contributed by atoms with van der Waals surface area (Å²) in [5.74, 6) is -1.26. The number of halogens is 1. The van der Waals surface area contributed by atoms with Crippen molar-refractivity contribution in [3.8, 4) is 5.75 Å². The Labute approximate surface area is 178 Å². The average Bonchev–Trinajstić information content (AvgIpc) is 2.73. The van der Waals surface area contributed by atoms with Crippen LogP contribution in [0.5, 0.6) is 5.75 Å². The Morgan fingerprint density at radius 3 is 2.17 bits per heavy atom. The first-order valence-corrected chi connectivity index (χ1v) is 8.98. The summed E-state index contributed by atoms with van der Waals surface area (Å²) in [6.07, 6.45) is 1.63. The van der Waals surface area contributed by atoms with Crippen LogP contribution < -0.4 is 10.5 Å². The number of hydrogen-bond acceptors (Lipinski definition) is 5. The Morgan fingerprint density at radius 1 is 0.967 bits per heavy atom. The van der Waals surface area contributed by atoms with Gasteiger partial charge >= 0.3 is 11.9 Å². The van der Waals surface area contributed by atoms with Crippen LogP contribution in [0.25, 0.3) is 0 Å². The molecule has 0 radical (unpaired) electrons. The zero-order valence-corrected chi connectivity index (χ0v) is 16.7. The number of nitrogen functional groups attached to an aromatic ring is 1. The first-order valence-electron chi connectivity index (χ1n) is 8.60. The van der Waals surface area contributed by atoms with E-state index < -0.39 is 11.9 Å². The lowest BCUT2D eigenvalue weighted by molar-refractivity contribution is 0.0687. The highest BCUT2D eigenvalue weighted by atomic mass is 35.5. The number of hydrogen-bond donors (Lipinski definition) is 3. The third kappa shape index (κ3) is 6.35. The Balaban J connectivity index is 0.000000248. The molecule has 30 heavy (non-hydrogen) atoms. The molecule has 0 aliphatic rings. The maximum absolute atomic E-state index is 11.0. The van der Waals surface area contributed by atoms with E-state index in [-0.39, 0.29) is 16.8 Å². The topological polar surface area (TPSA) is 122 Å². The van der Waals surface area contributed by atoms with E-state index in [0.29, 0.717) is 10.7 Å². The number of rotatable bonds is 5. The number of carboxylic acids is 2. The fourth-order valence-corrected chi connectivity index (χ4v) is 2.51. The summed E-state index contributed by atoms with van der Waals surface area (Å²) in [5.41, 5.74) is 7.12. The molecule has 7 nitrogen and oxygen atoms in total. The minimum atomic E-state index is -1.04. The molecule has 4 N–H and O–H groups in total. The molecule has 0 saturated carbocycles. The van der Waals surface area contributed by atoms with Crippen LogP contribution in [-0.4, -0.2) is 35.5 Å². The van der Waals surface area contributed by atoms with Crippen molar-refractivity contribution in [3.05, 3.63) is 88.4 Å². The molecule has 3 aromatic carbocycles. The Hall–Kier alpha value is -3.84. The third-order valence-electron chi connectivity index (χ3n) is 3.85. The Morgan fingerprint density at radius 2 is 1.60 bits per heavy atom. The fourth-order valence-electron chi connectivity index (χ4n) is 2.33. The number of carbonyl (C=O) groups is 2. The van der Waals surface area contributed by atoms with Crippen molar-refractivity contribution in [2.45, 2.75) is 0 Å². The lowest BCUT2D eigenvalue weighted by atomic mass is 10.2. The molecule has 0 heterocycles. The van der Waals surface area contributed by atoms with Gasteiger partial charge in [-0.25, -0.2) is 9.59 Å². The van der Waals surface area contributed by atoms with Crippen molar-refractivity contribution < 1.29 is 24.5 Å². The number of benzene rings is 3. The highest BCUT2D eigenvalue weighted by Crippen LogP contribution is 2.19. The molecule has 0 aliphatic heterocycles. The summed E-state index contributed by atoms with van der Waals surface area (Å²) in [7, 11) is 1.60. The second-order valence-electron chi connectivity index (χ2n) is 5.89. The lowest BCUT2D eigenvalue weighted by Gasteiger charge is -2.01. The van der Waals surface area contributed by atoms with Crippen molar-refractivity contribution in [2.75, 3.05) is 12.8 Å². The van der Waals surface area contributed by atoms with E-state index >= 15 is 0 Å². The number of aliphatic imine (C=N–C) groups is 1. The van der Waals surface area contributed by atoms with Gasteiger partial charge in [-0.05, 0) is 60.2 Å². The molecule has 0 saturated heterocycles. The minimum Gasteiger partial charge on any atom is -0.497 e. The number of nitrogens with zero attached hydrogens (tertiary/aromatic N) is 1. The van der Waals surface area contributed by atoms with Crippen LogP contribution in [0.1, 0.15) is 26.3 Å². The van der Waals surface area contributed by atoms with Gasteiger partial charge in [0.2, 0.25) is 0 Å². The summed E-state index contributed by atoms with van der Waals surface area (Å²) in [6.45, 7) is 0. The van der Waals surface area contributed by atoms with Crippen LogP contribution in [0.2, 0.25) is 5.02 Å². The van der Waals surface area contributed by atoms with Gasteiger partial charge < -0.3 is 20.7 Å². The first kappa shape index (κ1) is 22.4. The SMILES string of the molecule is COc1ccc(C=Nc2ccccc2C(=O)O)cc1.Nc1cc(Cl)ccc1C(=O)O. The van der Waals surface area contributed by atoms with Gasteiger partial charge in [0.1, 0.15) is 5.75 Å². The average molecular weight is 427 g/mol. The second kappa shape index (κ2) is 10.6. The maximum Gasteiger partial charge on any atom is 0.337 e. The molecule has 0 atom stereocenters. The lowest BCUT2D eigenvalue weighted by Crippen LogP contribution is -2.01. The highest BCUT2D eigenvalue weighted by molar-refractivity contribution is 6.31. The van der Waals surface area contributed by atoms with Crippen molar-refractivity contribution in [1.29, 1.82) is 0 Å². The quantitative estimate of drug-likeness (QED) is 0.399. The normalized spacial score (nSPS) is 10.2. The molecule has 0 unspecified atom stereocenters. The van der Waals surface area contributed by atoms with E-state index in [9.17, 15) is 9.59 Å². The van der Waals surface area contributed by atoms with Crippen LogP contribution in [0.3, 0.4) is 0 Å². The van der Waals surface area contributed by atoms with Gasteiger partial charge in [0.25, 0.3) is 0 Å². The number of carboxylic acid groups (broad SMARTS) is 2. The number of methoxy groups -OCH3 is 1. The predicted octanol–water partition coefficient (Wildman–Crippen LogP) is 4.76. The largest absolute Gasteiger partial charge is 0.497 e. The first-order chi connectivity index (χ1) is 14.3. The number of ether oxygens (including phenoxy) is 1. The smallest absolute Gasteiger partial charge is 0.337 e. The summed E-state index contributed by atoms with van der Waals surface area (Å²) in [4.78, 5) is 25.6. The molecule has 0 fully saturated rings. The van der Waals surface area contributed by atoms with Gasteiger partial charge in [-0.15, -0.1) is 0 Å². The Kier molecular flexibility index (Phi) is 7.96. The van der Waals surface area contributed by atoms with E-state index in [2.05, 4.69) is 4.99 Å². The van der Waals surface area contributed by atoms with Gasteiger partial charge in [-0.1, -0.05) is 23.7 Å². The molecular weight excluding hydrogens is 408 g/mol. The van der Waals surface area contributed by atoms with Gasteiger partial charge in [0, 0.05) is 16.9 Å². The van der Waals surface area contributed by atoms with Gasteiger partial charge in [-0.2, -0.15) is 0 Å². The van der Waals surface area contributed by atoms with Crippen LogP contribution in [0.4, 0.5) is 11.4 Å². The molecule has 0 spiro atoms. The van der Waals surface area contributed by atoms with Crippen molar-refractivity contribution in [1.82, 2.24) is 0 Å². The molecule has 0 aliphatic carbocycles. The number of nitrogens with two attached hydrogens (primary N) is 1. The van der Waals surface area contributed by atoms with E-state index in [1.165, 1.54) is 24.3 Å². The van der Waals surface area contributed by atoms with Crippen molar-refractivity contribution in [3.63, 3.8) is 0 Å². The molecular formula is C22H19ClN2O5. The van der Waals surface area contributed by atoms with Crippen LogP contribution in [0, 0.1) is 0 Å². The predicted molar refractivity (Wildman–Crippen MR) is 116 cm³/mol. The number of para-hydroxylation sites is 1. The van der Waals surface area contributed by atoms with E-state index in [0.717, 1.165) is 11.3 Å². The minimum absolute atomic E-state index is 0.0781. The molecule has 3 rings (SSSR count). The summed E-state index contributed by atoms with van der Waals surface area (Å²) in [6, 6.07) is 18.3. The number of anilines is 1. The van der Waals surface area contributed by atoms with Gasteiger partial charge in [-0.3, -0.25) is 4.99 Å². The third-order valence-corrected chi connectivity index (χ3v) is 4.08. The van der Waals surface area contributed by atoms with Crippen LogP contribution >= 0.6 is 11.6 Å². The molecule has 3 aromatic rings. The monoisotopic (exact) mass is 426 g/mol. The Bertz CT molecular complexity index is 1070. The van der Waals surface area contributed by atoms with Crippen molar-refractivity contribution >= 4 is 41.1 Å². The highest BCUT2D eigenvalue weighted by Gasteiger charge is 2.07. The maximum atomic E-state index is 11.0. The van der Waals surface area contributed by atoms with Gasteiger partial charge in [0.15, 0.2) is 0 Å². The second-order valence-corrected chi connectivity index (χ2v) is 6.33. The zero-order chi connectivity index (χ0) is 22.1. The number of aromatic carboxylic acids is 2. The molecule has 154 valence electrons. The zero-order valence-electron chi connectivity index (χ0n) is 15.9. The molecule has 8 heteroatoms. The van der Waals surface area contributed by atoms with E-state index in [1.807, 2.05) is 24.3 Å². The van der Waals surface area contributed by atoms with E-state index in [1.54, 1.807) is 31.5 Å². The van der Waals surface area contributed by atoms with Crippen LogP contribution in [-0.2, 0) is 0 Å². The molecule has 0 amide bonds. The fraction of sp³-hybridized carbons (Fsp3) is 0.0455. The molecule has 0 bridgehead atoms. The van der Waals surface area contributed by atoms with Gasteiger partial charge in [0.05, 0.1) is 23.9 Å². The standard InChI is InChI=1S/C15H13NO3.C7H6ClNO2/c1-19-12-8-6-11(7-9-12)10-16-14-5-3-2-4-13(14)15(17)18;8-4-1-2-5(7(10)11)6(9)3-4/h2-10H,1H3,(H,17,18);1-3H,9H2,(H,10,11). The molecule has 0 aromatic heterocycles. The van der Waals surface area contributed by atoms with Crippen molar-refractivity contribution in [2.24, 2.45) is 4.99 Å². The van der Waals surface area contributed by atoms with E-state index in [4.69, 9.17) is 32.3 Å². The van der Waals surface area contributed by atoms with Crippen LogP contribution in [0.15, 0.2) is 71.7 Å². The summed E-state index contributed by atoms with van der Waals surface area (Å²) in [5, 5.41) is 18.0. The summed E-state index contributed by atoms with van der Waals surface area (Å²) < 4.78 is 5.06.